The molecule has 2 atom stereocenters. The zero-order valence-electron chi connectivity index (χ0n) is 21.2. The first-order valence-corrected chi connectivity index (χ1v) is 12.2. The molecule has 6 nitrogen and oxygen atoms in total. The fourth-order valence-corrected chi connectivity index (χ4v) is 4.92. The molecule has 1 N–H and O–H groups in total. The summed E-state index contributed by atoms with van der Waals surface area (Å²) in [5.74, 6) is 1.60. The van der Waals surface area contributed by atoms with Crippen LogP contribution in [0, 0.1) is 5.82 Å². The highest BCUT2D eigenvalue weighted by atomic mass is 19.1. The molecule has 7 heteroatoms. The van der Waals surface area contributed by atoms with Crippen LogP contribution in [0.25, 0.3) is 0 Å². The van der Waals surface area contributed by atoms with E-state index in [1.807, 2.05) is 24.3 Å². The molecule has 3 aromatic rings. The number of ether oxygens (including phenoxy) is 3. The molecule has 0 saturated heterocycles. The van der Waals surface area contributed by atoms with Crippen molar-refractivity contribution in [3.05, 3.63) is 88.7 Å². The molecule has 0 fully saturated rings. The van der Waals surface area contributed by atoms with Gasteiger partial charge in [-0.2, -0.15) is 0 Å². The van der Waals surface area contributed by atoms with E-state index in [4.69, 9.17) is 14.2 Å². The van der Waals surface area contributed by atoms with Crippen LogP contribution in [0.1, 0.15) is 46.4 Å². The van der Waals surface area contributed by atoms with Crippen molar-refractivity contribution in [1.29, 1.82) is 0 Å². The van der Waals surface area contributed by atoms with Crippen LogP contribution in [0.4, 0.5) is 4.39 Å². The van der Waals surface area contributed by atoms with E-state index in [-0.39, 0.29) is 23.8 Å². The number of carbonyl (C=O) groups is 1. The molecule has 1 amide bonds. The fourth-order valence-electron chi connectivity index (χ4n) is 4.92. The van der Waals surface area contributed by atoms with Gasteiger partial charge in [-0.15, -0.1) is 0 Å². The number of halogens is 1. The summed E-state index contributed by atoms with van der Waals surface area (Å²) in [4.78, 5) is 15.5. The Balaban J connectivity index is 1.71. The summed E-state index contributed by atoms with van der Waals surface area (Å²) in [6, 6.07) is 17.5. The zero-order valence-corrected chi connectivity index (χ0v) is 21.2. The van der Waals surface area contributed by atoms with E-state index < -0.39 is 0 Å². The van der Waals surface area contributed by atoms with Gasteiger partial charge in [0.05, 0.1) is 27.4 Å². The van der Waals surface area contributed by atoms with Crippen molar-refractivity contribution in [2.24, 2.45) is 0 Å². The van der Waals surface area contributed by atoms with Crippen LogP contribution >= 0.6 is 0 Å². The van der Waals surface area contributed by atoms with E-state index in [0.29, 0.717) is 41.3 Å². The monoisotopic (exact) mass is 492 g/mol. The molecule has 4 rings (SSSR count). The largest absolute Gasteiger partial charge is 0.497 e. The topological polar surface area (TPSA) is 60.0 Å². The van der Waals surface area contributed by atoms with E-state index in [9.17, 15) is 9.18 Å². The molecule has 1 heterocycles. The van der Waals surface area contributed by atoms with Gasteiger partial charge in [0.15, 0.2) is 11.5 Å². The quantitative estimate of drug-likeness (QED) is 0.447. The molecule has 0 aromatic heterocycles. The van der Waals surface area contributed by atoms with Gasteiger partial charge in [-0.05, 0) is 66.4 Å². The predicted molar refractivity (Wildman–Crippen MR) is 137 cm³/mol. The molecular formula is C29H33FN2O4. The summed E-state index contributed by atoms with van der Waals surface area (Å²) in [6.07, 6.45) is 1.47. The number of fused-ring (bicyclic) bond motifs is 1. The lowest BCUT2D eigenvalue weighted by atomic mass is 9.86. The molecule has 0 unspecified atom stereocenters. The molecule has 0 spiro atoms. The van der Waals surface area contributed by atoms with Crippen LogP contribution in [-0.2, 0) is 13.0 Å². The number of amides is 1. The van der Waals surface area contributed by atoms with Gasteiger partial charge in [-0.25, -0.2) is 4.39 Å². The van der Waals surface area contributed by atoms with E-state index in [1.54, 1.807) is 51.7 Å². The number of nitrogens with one attached hydrogen (secondary N) is 1. The van der Waals surface area contributed by atoms with E-state index in [1.165, 1.54) is 6.07 Å². The minimum atomic E-state index is -0.232. The normalized spacial score (nSPS) is 16.1. The van der Waals surface area contributed by atoms with Crippen molar-refractivity contribution >= 4 is 5.91 Å². The van der Waals surface area contributed by atoms with Crippen LogP contribution in [0.15, 0.2) is 60.7 Å². The maximum absolute atomic E-state index is 14.6. The summed E-state index contributed by atoms with van der Waals surface area (Å²) in [6.45, 7) is 3.20. The van der Waals surface area contributed by atoms with Crippen LogP contribution < -0.4 is 19.5 Å². The predicted octanol–water partition coefficient (Wildman–Crippen LogP) is 5.16. The van der Waals surface area contributed by atoms with Crippen molar-refractivity contribution in [2.45, 2.75) is 38.4 Å². The van der Waals surface area contributed by atoms with Crippen LogP contribution in [0.2, 0.25) is 0 Å². The third kappa shape index (κ3) is 5.31. The molecule has 0 radical (unpaired) electrons. The molecular weight excluding hydrogens is 459 g/mol. The molecule has 1 aliphatic heterocycles. The number of benzene rings is 3. The highest BCUT2D eigenvalue weighted by molar-refractivity contribution is 5.94. The Morgan fingerprint density at radius 1 is 1.03 bits per heavy atom. The maximum atomic E-state index is 14.6. The second-order valence-corrected chi connectivity index (χ2v) is 8.88. The summed E-state index contributed by atoms with van der Waals surface area (Å²) in [7, 11) is 4.83. The molecule has 36 heavy (non-hydrogen) atoms. The van der Waals surface area contributed by atoms with Crippen LogP contribution in [0.3, 0.4) is 0 Å². The lowest BCUT2D eigenvalue weighted by molar-refractivity contribution is 0.0857. The Hall–Kier alpha value is -3.58. The Bertz CT molecular complexity index is 1200. The average molecular weight is 493 g/mol. The van der Waals surface area contributed by atoms with Gasteiger partial charge in [-0.1, -0.05) is 25.1 Å². The lowest BCUT2D eigenvalue weighted by Gasteiger charge is -2.42. The maximum Gasteiger partial charge on any atom is 0.251 e. The van der Waals surface area contributed by atoms with Crippen molar-refractivity contribution < 1.29 is 23.4 Å². The smallest absolute Gasteiger partial charge is 0.251 e. The van der Waals surface area contributed by atoms with Crippen molar-refractivity contribution in [1.82, 2.24) is 10.2 Å². The minimum absolute atomic E-state index is 0.164. The van der Waals surface area contributed by atoms with Crippen molar-refractivity contribution in [2.75, 3.05) is 27.9 Å². The molecule has 190 valence electrons. The first-order valence-electron chi connectivity index (χ1n) is 12.2. The summed E-state index contributed by atoms with van der Waals surface area (Å²) in [5.41, 5.74) is 3.37. The van der Waals surface area contributed by atoms with E-state index in [0.717, 1.165) is 24.1 Å². The van der Waals surface area contributed by atoms with Gasteiger partial charge in [0.25, 0.3) is 5.91 Å². The number of carbonyl (C=O) groups excluding carboxylic acids is 1. The average Bonchev–Trinajstić information content (AvgIpc) is 2.92. The van der Waals surface area contributed by atoms with E-state index >= 15 is 0 Å². The third-order valence-corrected chi connectivity index (χ3v) is 6.85. The number of rotatable bonds is 9. The lowest BCUT2D eigenvalue weighted by Crippen LogP contribution is -2.48. The molecule has 0 saturated carbocycles. The van der Waals surface area contributed by atoms with Gasteiger partial charge in [-0.3, -0.25) is 9.69 Å². The number of methoxy groups -OCH3 is 3. The van der Waals surface area contributed by atoms with Gasteiger partial charge in [0.1, 0.15) is 11.6 Å². The van der Waals surface area contributed by atoms with E-state index in [2.05, 4.69) is 17.1 Å². The second kappa shape index (κ2) is 11.4. The summed E-state index contributed by atoms with van der Waals surface area (Å²) >= 11 is 0. The Morgan fingerprint density at radius 2 is 1.72 bits per heavy atom. The van der Waals surface area contributed by atoms with Crippen LogP contribution in [0.5, 0.6) is 17.2 Å². The van der Waals surface area contributed by atoms with Gasteiger partial charge in [0, 0.05) is 30.3 Å². The second-order valence-electron chi connectivity index (χ2n) is 8.88. The highest BCUT2D eigenvalue weighted by Crippen LogP contribution is 2.40. The molecule has 0 bridgehead atoms. The van der Waals surface area contributed by atoms with Crippen LogP contribution in [-0.4, -0.2) is 44.7 Å². The van der Waals surface area contributed by atoms with Gasteiger partial charge < -0.3 is 19.5 Å². The van der Waals surface area contributed by atoms with Gasteiger partial charge >= 0.3 is 0 Å². The number of hydrogen-bond acceptors (Lipinski definition) is 5. The Labute approximate surface area is 212 Å². The minimum Gasteiger partial charge on any atom is -0.497 e. The van der Waals surface area contributed by atoms with Gasteiger partial charge in [0.2, 0.25) is 0 Å². The first kappa shape index (κ1) is 25.5. The molecule has 3 aromatic carbocycles. The molecule has 0 aliphatic carbocycles. The summed E-state index contributed by atoms with van der Waals surface area (Å²) < 4.78 is 31.0. The van der Waals surface area contributed by atoms with Crippen molar-refractivity contribution in [3.63, 3.8) is 0 Å². The Kier molecular flexibility index (Phi) is 8.10. The first-order chi connectivity index (χ1) is 17.5. The number of nitrogens with zero attached hydrogens (tertiary/aromatic N) is 1. The number of hydrogen-bond donors (Lipinski definition) is 1. The SMILES string of the molecule is CC[C@@H](NC(=O)c1ccc(OC)cc1)[C@@H]1c2cc(OC)c(OC)cc2CCN1Cc1ccccc1F. The van der Waals surface area contributed by atoms with Crippen molar-refractivity contribution in [3.8, 4) is 17.2 Å². The molecule has 1 aliphatic rings. The fraction of sp³-hybridized carbons (Fsp3) is 0.345. The standard InChI is InChI=1S/C29H33FN2O4/c1-5-25(31-29(33)19-10-12-22(34-2)13-11-19)28-23-17-27(36-4)26(35-3)16-20(23)14-15-32(28)18-21-8-6-7-9-24(21)30/h6-13,16-17,25,28H,5,14-15,18H2,1-4H3,(H,31,33)/t25-,28+/m1/s1. The summed E-state index contributed by atoms with van der Waals surface area (Å²) in [5, 5.41) is 3.24. The third-order valence-electron chi connectivity index (χ3n) is 6.85. The zero-order chi connectivity index (χ0) is 25.7. The Morgan fingerprint density at radius 3 is 2.36 bits per heavy atom. The highest BCUT2D eigenvalue weighted by Gasteiger charge is 2.35.